The van der Waals surface area contributed by atoms with Crippen molar-refractivity contribution >= 4 is 5.78 Å². The zero-order valence-electron chi connectivity index (χ0n) is 9.82. The van der Waals surface area contributed by atoms with Crippen molar-refractivity contribution in [3.63, 3.8) is 0 Å². The lowest BCUT2D eigenvalue weighted by atomic mass is 9.98. The standard InChI is InChI=1S/C15H20O/c16-15(14-10-2-1-3-11-14)12-6-9-13-7-4-5-8-13/h1-3,10-11,13H,4-9,12H2. The highest BCUT2D eigenvalue weighted by Crippen LogP contribution is 2.29. The summed E-state index contributed by atoms with van der Waals surface area (Å²) in [5.74, 6) is 1.21. The SMILES string of the molecule is O=C(CCCC1CCCC1)c1ccccc1. The Bertz CT molecular complexity index is 323. The average Bonchev–Trinajstić information content (AvgIpc) is 2.83. The van der Waals surface area contributed by atoms with Crippen LogP contribution in [0.1, 0.15) is 55.3 Å². The monoisotopic (exact) mass is 216 g/mol. The second-order valence-electron chi connectivity index (χ2n) is 4.83. The van der Waals surface area contributed by atoms with Gasteiger partial charge in [-0.2, -0.15) is 0 Å². The molecule has 16 heavy (non-hydrogen) atoms. The number of benzene rings is 1. The molecule has 0 amide bonds. The molecular weight excluding hydrogens is 196 g/mol. The number of carbonyl (C=O) groups is 1. The van der Waals surface area contributed by atoms with Crippen LogP contribution in [-0.4, -0.2) is 5.78 Å². The van der Waals surface area contributed by atoms with Gasteiger partial charge in [-0.15, -0.1) is 0 Å². The molecule has 1 nitrogen and oxygen atoms in total. The predicted molar refractivity (Wildman–Crippen MR) is 66.6 cm³/mol. The van der Waals surface area contributed by atoms with Crippen LogP contribution in [0.5, 0.6) is 0 Å². The van der Waals surface area contributed by atoms with E-state index in [-0.39, 0.29) is 0 Å². The number of hydrogen-bond acceptors (Lipinski definition) is 1. The van der Waals surface area contributed by atoms with E-state index in [2.05, 4.69) is 0 Å². The molecule has 1 heteroatoms. The normalized spacial score (nSPS) is 16.5. The van der Waals surface area contributed by atoms with Crippen molar-refractivity contribution in [2.75, 3.05) is 0 Å². The molecular formula is C15H20O. The quantitative estimate of drug-likeness (QED) is 0.673. The van der Waals surface area contributed by atoms with Crippen molar-refractivity contribution in [1.82, 2.24) is 0 Å². The van der Waals surface area contributed by atoms with E-state index < -0.39 is 0 Å². The summed E-state index contributed by atoms with van der Waals surface area (Å²) in [6.45, 7) is 0. The zero-order valence-corrected chi connectivity index (χ0v) is 9.82. The minimum absolute atomic E-state index is 0.304. The smallest absolute Gasteiger partial charge is 0.162 e. The molecule has 0 saturated heterocycles. The summed E-state index contributed by atoms with van der Waals surface area (Å²) in [6.07, 6.45) is 8.62. The van der Waals surface area contributed by atoms with Gasteiger partial charge in [-0.25, -0.2) is 0 Å². The second kappa shape index (κ2) is 5.83. The first-order valence-electron chi connectivity index (χ1n) is 6.44. The van der Waals surface area contributed by atoms with Crippen molar-refractivity contribution in [1.29, 1.82) is 0 Å². The number of carbonyl (C=O) groups excluding carboxylic acids is 1. The molecule has 0 atom stereocenters. The number of ketones is 1. The van der Waals surface area contributed by atoms with E-state index in [0.717, 1.165) is 24.3 Å². The van der Waals surface area contributed by atoms with Crippen molar-refractivity contribution in [3.05, 3.63) is 35.9 Å². The van der Waals surface area contributed by atoms with Crippen LogP contribution < -0.4 is 0 Å². The maximum Gasteiger partial charge on any atom is 0.162 e. The Labute approximate surface area is 97.9 Å². The lowest BCUT2D eigenvalue weighted by Crippen LogP contribution is -2.00. The Balaban J connectivity index is 1.71. The summed E-state index contributed by atoms with van der Waals surface area (Å²) in [7, 11) is 0. The molecule has 0 aliphatic heterocycles. The topological polar surface area (TPSA) is 17.1 Å². The van der Waals surface area contributed by atoms with Gasteiger partial charge in [-0.1, -0.05) is 62.4 Å². The molecule has 0 N–H and O–H groups in total. The van der Waals surface area contributed by atoms with E-state index in [1.807, 2.05) is 30.3 Å². The summed E-state index contributed by atoms with van der Waals surface area (Å²) in [4.78, 5) is 11.8. The first-order valence-corrected chi connectivity index (χ1v) is 6.44. The molecule has 1 aromatic rings. The van der Waals surface area contributed by atoms with Gasteiger partial charge >= 0.3 is 0 Å². The van der Waals surface area contributed by atoms with Crippen LogP contribution in [0.15, 0.2) is 30.3 Å². The predicted octanol–water partition coefficient (Wildman–Crippen LogP) is 4.23. The summed E-state index contributed by atoms with van der Waals surface area (Å²) >= 11 is 0. The molecule has 1 saturated carbocycles. The van der Waals surface area contributed by atoms with Gasteiger partial charge in [0.1, 0.15) is 0 Å². The van der Waals surface area contributed by atoms with Gasteiger partial charge in [-0.3, -0.25) is 4.79 Å². The van der Waals surface area contributed by atoms with E-state index >= 15 is 0 Å². The van der Waals surface area contributed by atoms with Crippen molar-refractivity contribution in [2.45, 2.75) is 44.9 Å². The van der Waals surface area contributed by atoms with Gasteiger partial charge < -0.3 is 0 Å². The van der Waals surface area contributed by atoms with E-state index in [0.29, 0.717) is 5.78 Å². The van der Waals surface area contributed by atoms with Crippen LogP contribution in [0.4, 0.5) is 0 Å². The summed E-state index contributed by atoms with van der Waals surface area (Å²) in [5.41, 5.74) is 0.869. The highest BCUT2D eigenvalue weighted by molar-refractivity contribution is 5.95. The van der Waals surface area contributed by atoms with E-state index in [9.17, 15) is 4.79 Å². The van der Waals surface area contributed by atoms with Gasteiger partial charge in [0.05, 0.1) is 0 Å². The third-order valence-electron chi connectivity index (χ3n) is 3.59. The van der Waals surface area contributed by atoms with Crippen molar-refractivity contribution in [3.8, 4) is 0 Å². The molecule has 1 aromatic carbocycles. The molecule has 0 bridgehead atoms. The second-order valence-corrected chi connectivity index (χ2v) is 4.83. The maximum absolute atomic E-state index is 11.8. The summed E-state index contributed by atoms with van der Waals surface area (Å²) in [6, 6.07) is 9.65. The van der Waals surface area contributed by atoms with Crippen LogP contribution in [0.25, 0.3) is 0 Å². The summed E-state index contributed by atoms with van der Waals surface area (Å²) < 4.78 is 0. The molecule has 0 unspecified atom stereocenters. The number of Topliss-reactive ketones (excluding diaryl/α,β-unsaturated/α-hetero) is 1. The maximum atomic E-state index is 11.8. The number of rotatable bonds is 5. The van der Waals surface area contributed by atoms with E-state index in [1.165, 1.54) is 32.1 Å². The van der Waals surface area contributed by atoms with Gasteiger partial charge in [0.2, 0.25) is 0 Å². The highest BCUT2D eigenvalue weighted by atomic mass is 16.1. The van der Waals surface area contributed by atoms with Crippen molar-refractivity contribution < 1.29 is 4.79 Å². The zero-order chi connectivity index (χ0) is 11.2. The number of hydrogen-bond donors (Lipinski definition) is 0. The van der Waals surface area contributed by atoms with Gasteiger partial charge in [-0.05, 0) is 12.3 Å². The molecule has 0 heterocycles. The minimum atomic E-state index is 0.304. The van der Waals surface area contributed by atoms with Gasteiger partial charge in [0.15, 0.2) is 5.78 Å². The fourth-order valence-corrected chi connectivity index (χ4v) is 2.62. The Kier molecular flexibility index (Phi) is 4.15. The third kappa shape index (κ3) is 3.19. The largest absolute Gasteiger partial charge is 0.294 e. The van der Waals surface area contributed by atoms with Crippen molar-refractivity contribution in [2.24, 2.45) is 5.92 Å². The Morgan fingerprint density at radius 3 is 2.50 bits per heavy atom. The van der Waals surface area contributed by atoms with Crippen LogP contribution >= 0.6 is 0 Å². The van der Waals surface area contributed by atoms with E-state index in [4.69, 9.17) is 0 Å². The first kappa shape index (κ1) is 11.4. The minimum Gasteiger partial charge on any atom is -0.294 e. The molecule has 1 aliphatic rings. The molecule has 0 radical (unpaired) electrons. The fraction of sp³-hybridized carbons (Fsp3) is 0.533. The molecule has 1 fully saturated rings. The van der Waals surface area contributed by atoms with Crippen LogP contribution in [0.3, 0.4) is 0 Å². The molecule has 1 aliphatic carbocycles. The van der Waals surface area contributed by atoms with Crippen LogP contribution in [-0.2, 0) is 0 Å². The third-order valence-corrected chi connectivity index (χ3v) is 3.59. The summed E-state index contributed by atoms with van der Waals surface area (Å²) in [5, 5.41) is 0. The lowest BCUT2D eigenvalue weighted by molar-refractivity contribution is 0.0977. The van der Waals surface area contributed by atoms with Crippen LogP contribution in [0.2, 0.25) is 0 Å². The Hall–Kier alpha value is -1.11. The van der Waals surface area contributed by atoms with Gasteiger partial charge in [0, 0.05) is 12.0 Å². The lowest BCUT2D eigenvalue weighted by Gasteiger charge is -2.07. The highest BCUT2D eigenvalue weighted by Gasteiger charge is 2.15. The first-order chi connectivity index (χ1) is 7.86. The average molecular weight is 216 g/mol. The molecule has 2 rings (SSSR count). The Morgan fingerprint density at radius 2 is 1.81 bits per heavy atom. The van der Waals surface area contributed by atoms with E-state index in [1.54, 1.807) is 0 Å². The molecule has 86 valence electrons. The molecule has 0 spiro atoms. The molecule has 0 aromatic heterocycles. The van der Waals surface area contributed by atoms with Crippen LogP contribution in [0, 0.1) is 5.92 Å². The Morgan fingerprint density at radius 1 is 1.12 bits per heavy atom. The fourth-order valence-electron chi connectivity index (χ4n) is 2.62. The van der Waals surface area contributed by atoms with Gasteiger partial charge in [0.25, 0.3) is 0 Å².